The van der Waals surface area contributed by atoms with Crippen LogP contribution in [0.2, 0.25) is 0 Å². The van der Waals surface area contributed by atoms with Crippen molar-refractivity contribution in [3.05, 3.63) is 23.8 Å². The number of amides is 2. The molecule has 2 amide bonds. The predicted octanol–water partition coefficient (Wildman–Crippen LogP) is 3.35. The Morgan fingerprint density at radius 3 is 2.51 bits per heavy atom. The quantitative estimate of drug-likeness (QED) is 0.507. The van der Waals surface area contributed by atoms with Crippen LogP contribution in [0.3, 0.4) is 0 Å². The molecule has 4 atom stereocenters. The maximum atomic E-state index is 14.1. The summed E-state index contributed by atoms with van der Waals surface area (Å²) in [6, 6.07) is 5.30. The number of hydrogen-bond donors (Lipinski definition) is 1. The second-order valence-electron chi connectivity index (χ2n) is 11.6. The first-order chi connectivity index (χ1) is 18.4. The summed E-state index contributed by atoms with van der Waals surface area (Å²) in [5.41, 5.74) is 1.39. The Balaban J connectivity index is 2.35. The minimum atomic E-state index is -0.396. The lowest BCUT2D eigenvalue weighted by Gasteiger charge is -2.36. The van der Waals surface area contributed by atoms with Crippen molar-refractivity contribution in [3.63, 3.8) is 0 Å². The number of aliphatic hydroxyl groups is 1. The maximum Gasteiger partial charge on any atom is 0.258 e. The van der Waals surface area contributed by atoms with Crippen LogP contribution in [0.25, 0.3) is 0 Å². The second-order valence-corrected chi connectivity index (χ2v) is 11.6. The molecule has 0 saturated carbocycles. The van der Waals surface area contributed by atoms with Crippen molar-refractivity contribution < 1.29 is 24.2 Å². The molecule has 9 nitrogen and oxygen atoms in total. The number of fused-ring (bicyclic) bond motifs is 1. The molecule has 1 N–H and O–H groups in total. The van der Waals surface area contributed by atoms with E-state index >= 15 is 0 Å². The van der Waals surface area contributed by atoms with Gasteiger partial charge in [0.2, 0.25) is 5.91 Å². The molecule has 0 unspecified atom stereocenters. The highest BCUT2D eigenvalue weighted by atomic mass is 16.5. The fraction of sp³-hybridized carbons (Fsp3) is 0.733. The number of aliphatic hydroxyl groups excluding tert-OH is 1. The molecule has 9 heteroatoms. The van der Waals surface area contributed by atoms with E-state index in [0.717, 1.165) is 37.9 Å². The van der Waals surface area contributed by atoms with Crippen LogP contribution in [0, 0.1) is 5.92 Å². The van der Waals surface area contributed by atoms with Crippen LogP contribution in [0.1, 0.15) is 63.2 Å². The number of carbonyl (C=O) groups excluding carboxylic acids is 2. The van der Waals surface area contributed by atoms with Crippen LogP contribution in [0.4, 0.5) is 5.69 Å². The van der Waals surface area contributed by atoms with Crippen molar-refractivity contribution in [1.29, 1.82) is 0 Å². The number of hydrogen-bond acceptors (Lipinski definition) is 7. The largest absolute Gasteiger partial charge is 0.490 e. The van der Waals surface area contributed by atoms with E-state index in [1.165, 1.54) is 0 Å². The lowest BCUT2D eigenvalue weighted by molar-refractivity contribution is -0.132. The molecule has 39 heavy (non-hydrogen) atoms. The number of nitrogens with zero attached hydrogens (tertiary/aromatic N) is 4. The van der Waals surface area contributed by atoms with Gasteiger partial charge in [-0.1, -0.05) is 6.92 Å². The van der Waals surface area contributed by atoms with Gasteiger partial charge in [0.25, 0.3) is 5.91 Å². The molecule has 1 aromatic rings. The number of ether oxygens (including phenoxy) is 2. The molecule has 0 aromatic heterocycles. The van der Waals surface area contributed by atoms with Gasteiger partial charge >= 0.3 is 0 Å². The van der Waals surface area contributed by atoms with E-state index in [1.54, 1.807) is 9.80 Å². The van der Waals surface area contributed by atoms with Gasteiger partial charge in [-0.2, -0.15) is 0 Å². The van der Waals surface area contributed by atoms with Crippen molar-refractivity contribution in [1.82, 2.24) is 14.7 Å². The van der Waals surface area contributed by atoms with E-state index in [-0.39, 0.29) is 36.5 Å². The summed E-state index contributed by atoms with van der Waals surface area (Å²) in [6.45, 7) is 8.06. The van der Waals surface area contributed by atoms with Crippen molar-refractivity contribution in [2.45, 2.75) is 71.1 Å². The van der Waals surface area contributed by atoms with Gasteiger partial charge in [0.1, 0.15) is 5.75 Å². The van der Waals surface area contributed by atoms with Crippen LogP contribution in [0.15, 0.2) is 18.2 Å². The molecule has 1 aliphatic heterocycles. The normalized spacial score (nSPS) is 22.1. The summed E-state index contributed by atoms with van der Waals surface area (Å²) in [6.07, 6.45) is 3.67. The monoisotopic (exact) mass is 548 g/mol. The van der Waals surface area contributed by atoms with Gasteiger partial charge < -0.3 is 34.2 Å². The van der Waals surface area contributed by atoms with Crippen molar-refractivity contribution in [2.24, 2.45) is 5.92 Å². The van der Waals surface area contributed by atoms with Crippen molar-refractivity contribution >= 4 is 17.5 Å². The highest BCUT2D eigenvalue weighted by Gasteiger charge is 2.31. The van der Waals surface area contributed by atoms with E-state index in [4.69, 9.17) is 9.47 Å². The van der Waals surface area contributed by atoms with Crippen LogP contribution in [-0.2, 0) is 9.53 Å². The Bertz CT molecular complexity index is 909. The molecular weight excluding hydrogens is 496 g/mol. The Kier molecular flexibility index (Phi) is 13.5. The first-order valence-corrected chi connectivity index (χ1v) is 14.3. The molecule has 222 valence electrons. The highest BCUT2D eigenvalue weighted by molar-refractivity contribution is 5.98. The first-order valence-electron chi connectivity index (χ1n) is 14.3. The lowest BCUT2D eigenvalue weighted by Crippen LogP contribution is -2.48. The van der Waals surface area contributed by atoms with E-state index in [1.807, 2.05) is 72.2 Å². The molecule has 0 spiro atoms. The average molecular weight is 549 g/mol. The number of benzene rings is 1. The highest BCUT2D eigenvalue weighted by Crippen LogP contribution is 2.29. The summed E-state index contributed by atoms with van der Waals surface area (Å²) in [7, 11) is 9.72. The van der Waals surface area contributed by atoms with Crippen LogP contribution >= 0.6 is 0 Å². The van der Waals surface area contributed by atoms with Crippen LogP contribution in [-0.4, -0.2) is 118 Å². The minimum Gasteiger partial charge on any atom is -0.490 e. The van der Waals surface area contributed by atoms with Gasteiger partial charge in [0.15, 0.2) is 0 Å². The smallest absolute Gasteiger partial charge is 0.258 e. The Morgan fingerprint density at radius 1 is 1.15 bits per heavy atom. The van der Waals surface area contributed by atoms with Gasteiger partial charge in [0.05, 0.1) is 30.4 Å². The van der Waals surface area contributed by atoms with Gasteiger partial charge in [0, 0.05) is 58.9 Å². The first kappa shape index (κ1) is 32.8. The fourth-order valence-electron chi connectivity index (χ4n) is 4.76. The summed E-state index contributed by atoms with van der Waals surface area (Å²) in [5.74, 6) is 0.412. The second kappa shape index (κ2) is 16.0. The third-order valence-electron chi connectivity index (χ3n) is 7.43. The molecular formula is C30H52N4O5. The van der Waals surface area contributed by atoms with Gasteiger partial charge in [-0.25, -0.2) is 0 Å². The zero-order valence-corrected chi connectivity index (χ0v) is 25.5. The zero-order chi connectivity index (χ0) is 29.1. The van der Waals surface area contributed by atoms with Crippen molar-refractivity contribution in [3.8, 4) is 5.75 Å². The number of anilines is 1. The molecule has 0 saturated heterocycles. The molecule has 0 aliphatic carbocycles. The fourth-order valence-corrected chi connectivity index (χ4v) is 4.76. The summed E-state index contributed by atoms with van der Waals surface area (Å²) >= 11 is 0. The van der Waals surface area contributed by atoms with Gasteiger partial charge in [-0.05, 0) is 78.4 Å². The molecule has 0 radical (unpaired) electrons. The zero-order valence-electron chi connectivity index (χ0n) is 25.5. The molecule has 1 heterocycles. The molecule has 2 rings (SSSR count). The Hall–Kier alpha value is -2.36. The summed E-state index contributed by atoms with van der Waals surface area (Å²) in [4.78, 5) is 34.4. The SMILES string of the molecule is C[C@@H]1CN([C@@H](C)CO)C(=O)c2cc(N(C)C)ccc2O[C@@H](C)CCCCO[C@@H]1CN(C)C(=O)CCCN(C)C. The molecule has 0 fully saturated rings. The molecule has 1 aliphatic rings. The van der Waals surface area contributed by atoms with Crippen LogP contribution < -0.4 is 9.64 Å². The Labute approximate surface area is 236 Å². The van der Waals surface area contributed by atoms with E-state index < -0.39 is 6.04 Å². The topological polar surface area (TPSA) is 85.8 Å². The van der Waals surface area contributed by atoms with Gasteiger partial charge in [-0.3, -0.25) is 9.59 Å². The van der Waals surface area contributed by atoms with Crippen molar-refractivity contribution in [2.75, 3.05) is 73.0 Å². The predicted molar refractivity (Wildman–Crippen MR) is 157 cm³/mol. The average Bonchev–Trinajstić information content (AvgIpc) is 2.89. The summed E-state index contributed by atoms with van der Waals surface area (Å²) < 4.78 is 12.6. The molecule has 0 bridgehead atoms. The van der Waals surface area contributed by atoms with E-state index in [2.05, 4.69) is 11.8 Å². The van der Waals surface area contributed by atoms with E-state index in [0.29, 0.717) is 37.4 Å². The number of rotatable bonds is 9. The maximum absolute atomic E-state index is 14.1. The number of likely N-dealkylation sites (N-methyl/N-ethyl adjacent to an activating group) is 1. The van der Waals surface area contributed by atoms with E-state index in [9.17, 15) is 14.7 Å². The third-order valence-corrected chi connectivity index (χ3v) is 7.43. The van der Waals surface area contributed by atoms with Crippen LogP contribution in [0.5, 0.6) is 5.75 Å². The Morgan fingerprint density at radius 2 is 1.87 bits per heavy atom. The summed E-state index contributed by atoms with van der Waals surface area (Å²) in [5, 5.41) is 10.1. The standard InChI is InChI=1S/C30H52N4O5/c1-22-19-34(23(2)21-35)30(37)26-18-25(32(6)7)14-15-27(26)39-24(3)12-9-10-17-38-28(22)20-33(8)29(36)13-11-16-31(4)5/h14-15,18,22-24,28,35H,9-13,16-17,19-21H2,1-8H3/t22-,23+,24+,28-/m1/s1. The minimum absolute atomic E-state index is 0.0611. The molecule has 1 aromatic carbocycles. The number of carbonyl (C=O) groups is 2. The van der Waals surface area contributed by atoms with Gasteiger partial charge in [-0.15, -0.1) is 0 Å². The lowest BCUT2D eigenvalue weighted by atomic mass is 10.0. The third kappa shape index (κ3) is 10.3.